The highest BCUT2D eigenvalue weighted by atomic mass is 15.1. The van der Waals surface area contributed by atoms with Crippen LogP contribution in [-0.4, -0.2) is 22.3 Å². The van der Waals surface area contributed by atoms with Gasteiger partial charge in [0.2, 0.25) is 0 Å². The van der Waals surface area contributed by atoms with Crippen molar-refractivity contribution in [2.45, 2.75) is 59.5 Å². The van der Waals surface area contributed by atoms with E-state index in [-0.39, 0.29) is 0 Å². The van der Waals surface area contributed by atoms with Crippen molar-refractivity contribution in [2.24, 2.45) is 5.92 Å². The summed E-state index contributed by atoms with van der Waals surface area (Å²) in [7, 11) is 0. The predicted molar refractivity (Wildman–Crippen MR) is 68.5 cm³/mol. The zero-order chi connectivity index (χ0) is 12.1. The summed E-state index contributed by atoms with van der Waals surface area (Å²) in [4.78, 5) is 0. The van der Waals surface area contributed by atoms with Gasteiger partial charge in [0.25, 0.3) is 0 Å². The maximum atomic E-state index is 4.26. The normalized spacial score (nSPS) is 17.1. The van der Waals surface area contributed by atoms with Crippen molar-refractivity contribution >= 4 is 0 Å². The highest BCUT2D eigenvalue weighted by Crippen LogP contribution is 2.09. The second kappa shape index (κ2) is 6.04. The Balaban J connectivity index is 2.38. The van der Waals surface area contributed by atoms with Crippen LogP contribution in [0.2, 0.25) is 0 Å². The van der Waals surface area contributed by atoms with Crippen LogP contribution in [-0.2, 0) is 6.42 Å². The molecule has 1 rings (SSSR count). The van der Waals surface area contributed by atoms with Gasteiger partial charge < -0.3 is 5.32 Å². The van der Waals surface area contributed by atoms with Crippen LogP contribution in [0.15, 0.2) is 6.07 Å². The van der Waals surface area contributed by atoms with Gasteiger partial charge in [0.05, 0.1) is 5.69 Å². The first kappa shape index (κ1) is 13.2. The minimum Gasteiger partial charge on any atom is -0.311 e. The van der Waals surface area contributed by atoms with Gasteiger partial charge in [-0.3, -0.25) is 5.10 Å². The lowest BCUT2D eigenvalue weighted by Gasteiger charge is -2.24. The molecule has 0 radical (unpaired) electrons. The number of H-pyrrole nitrogens is 1. The van der Waals surface area contributed by atoms with Crippen molar-refractivity contribution in [3.63, 3.8) is 0 Å². The van der Waals surface area contributed by atoms with E-state index in [1.807, 2.05) is 6.92 Å². The standard InChI is InChI=1S/C13H25N3/c1-6-9(2)12(5)14-10(3)7-13-8-11(4)15-16-13/h8-10,12,14H,6-7H2,1-5H3,(H,15,16). The fourth-order valence-corrected chi connectivity index (χ4v) is 1.92. The van der Waals surface area contributed by atoms with Crippen LogP contribution >= 0.6 is 0 Å². The van der Waals surface area contributed by atoms with Crippen molar-refractivity contribution in [3.8, 4) is 0 Å². The number of aromatic amines is 1. The molecule has 1 heterocycles. The zero-order valence-electron chi connectivity index (χ0n) is 11.2. The van der Waals surface area contributed by atoms with Gasteiger partial charge in [-0.15, -0.1) is 0 Å². The number of aryl methyl sites for hydroxylation is 1. The number of hydrogen-bond donors (Lipinski definition) is 2. The summed E-state index contributed by atoms with van der Waals surface area (Å²) in [5.74, 6) is 0.725. The molecule has 0 aromatic carbocycles. The van der Waals surface area contributed by atoms with E-state index in [1.165, 1.54) is 6.42 Å². The van der Waals surface area contributed by atoms with Crippen LogP contribution in [0, 0.1) is 12.8 Å². The first-order valence-corrected chi connectivity index (χ1v) is 6.29. The van der Waals surface area contributed by atoms with E-state index < -0.39 is 0 Å². The maximum absolute atomic E-state index is 4.26. The SMILES string of the molecule is CCC(C)C(C)NC(C)Cc1cc(C)[nH]n1. The van der Waals surface area contributed by atoms with Gasteiger partial charge in [0, 0.05) is 24.2 Å². The Bertz CT molecular complexity index is 306. The molecule has 0 aliphatic heterocycles. The van der Waals surface area contributed by atoms with Gasteiger partial charge in [-0.1, -0.05) is 20.3 Å². The molecule has 0 aliphatic rings. The summed E-state index contributed by atoms with van der Waals surface area (Å²) in [5.41, 5.74) is 2.28. The Kier molecular flexibility index (Phi) is 5.00. The molecule has 3 nitrogen and oxygen atoms in total. The van der Waals surface area contributed by atoms with Crippen LogP contribution in [0.4, 0.5) is 0 Å². The molecule has 3 heteroatoms. The monoisotopic (exact) mass is 223 g/mol. The number of nitrogens with one attached hydrogen (secondary N) is 2. The lowest BCUT2D eigenvalue weighted by atomic mass is 9.99. The minimum atomic E-state index is 0.478. The summed E-state index contributed by atoms with van der Waals surface area (Å²) < 4.78 is 0. The molecule has 3 unspecified atom stereocenters. The van der Waals surface area contributed by atoms with Crippen LogP contribution in [0.3, 0.4) is 0 Å². The molecular weight excluding hydrogens is 198 g/mol. The number of rotatable bonds is 6. The summed E-state index contributed by atoms with van der Waals surface area (Å²) in [6, 6.07) is 3.17. The van der Waals surface area contributed by atoms with E-state index in [0.29, 0.717) is 12.1 Å². The van der Waals surface area contributed by atoms with Gasteiger partial charge in [-0.05, 0) is 32.8 Å². The third-order valence-electron chi connectivity index (χ3n) is 3.32. The molecule has 0 bridgehead atoms. The van der Waals surface area contributed by atoms with Crippen LogP contribution < -0.4 is 5.32 Å². The first-order valence-electron chi connectivity index (χ1n) is 6.29. The van der Waals surface area contributed by atoms with E-state index in [9.17, 15) is 0 Å². The number of aromatic nitrogens is 2. The van der Waals surface area contributed by atoms with Gasteiger partial charge in [0.15, 0.2) is 0 Å². The molecule has 0 aliphatic carbocycles. The topological polar surface area (TPSA) is 40.7 Å². The Labute approximate surface area is 99.0 Å². The highest BCUT2D eigenvalue weighted by Gasteiger charge is 2.13. The van der Waals surface area contributed by atoms with Crippen LogP contribution in [0.25, 0.3) is 0 Å². The molecule has 1 aromatic rings. The largest absolute Gasteiger partial charge is 0.311 e. The summed E-state index contributed by atoms with van der Waals surface area (Å²) in [6.07, 6.45) is 2.22. The molecule has 1 aromatic heterocycles. The molecule has 3 atom stereocenters. The van der Waals surface area contributed by atoms with E-state index in [4.69, 9.17) is 0 Å². The van der Waals surface area contributed by atoms with Crippen molar-refractivity contribution in [1.82, 2.24) is 15.5 Å². The van der Waals surface area contributed by atoms with Crippen molar-refractivity contribution < 1.29 is 0 Å². The number of hydrogen-bond acceptors (Lipinski definition) is 2. The maximum Gasteiger partial charge on any atom is 0.0640 e. The zero-order valence-corrected chi connectivity index (χ0v) is 11.2. The third kappa shape index (κ3) is 3.97. The first-order chi connectivity index (χ1) is 7.52. The van der Waals surface area contributed by atoms with Crippen LogP contribution in [0.1, 0.15) is 45.5 Å². The van der Waals surface area contributed by atoms with E-state index >= 15 is 0 Å². The smallest absolute Gasteiger partial charge is 0.0640 e. The summed E-state index contributed by atoms with van der Waals surface area (Å²) >= 11 is 0. The Morgan fingerprint density at radius 1 is 1.38 bits per heavy atom. The molecule has 2 N–H and O–H groups in total. The van der Waals surface area contributed by atoms with Gasteiger partial charge >= 0.3 is 0 Å². The molecule has 0 spiro atoms. The molecule has 92 valence electrons. The number of nitrogens with zero attached hydrogens (tertiary/aromatic N) is 1. The van der Waals surface area contributed by atoms with E-state index in [0.717, 1.165) is 23.7 Å². The van der Waals surface area contributed by atoms with Crippen LogP contribution in [0.5, 0.6) is 0 Å². The fraction of sp³-hybridized carbons (Fsp3) is 0.769. The molecule has 16 heavy (non-hydrogen) atoms. The minimum absolute atomic E-state index is 0.478. The Morgan fingerprint density at radius 2 is 2.06 bits per heavy atom. The van der Waals surface area contributed by atoms with Crippen molar-refractivity contribution in [1.29, 1.82) is 0 Å². The summed E-state index contributed by atoms with van der Waals surface area (Å²) in [6.45, 7) is 11.1. The van der Waals surface area contributed by atoms with Crippen molar-refractivity contribution in [2.75, 3.05) is 0 Å². The predicted octanol–water partition coefficient (Wildman–Crippen LogP) is 2.67. The quantitative estimate of drug-likeness (QED) is 0.778. The van der Waals surface area contributed by atoms with Gasteiger partial charge in [0.1, 0.15) is 0 Å². The second-order valence-corrected chi connectivity index (χ2v) is 4.99. The third-order valence-corrected chi connectivity index (χ3v) is 3.32. The molecule has 0 amide bonds. The average molecular weight is 223 g/mol. The average Bonchev–Trinajstić information content (AvgIpc) is 2.62. The lowest BCUT2D eigenvalue weighted by Crippen LogP contribution is -2.39. The van der Waals surface area contributed by atoms with Gasteiger partial charge in [-0.2, -0.15) is 5.10 Å². The fourth-order valence-electron chi connectivity index (χ4n) is 1.92. The summed E-state index contributed by atoms with van der Waals surface area (Å²) in [5, 5.41) is 10.9. The van der Waals surface area contributed by atoms with Gasteiger partial charge in [-0.25, -0.2) is 0 Å². The van der Waals surface area contributed by atoms with Crippen molar-refractivity contribution in [3.05, 3.63) is 17.5 Å². The second-order valence-electron chi connectivity index (χ2n) is 4.99. The molecule has 0 saturated heterocycles. The molecule has 0 fully saturated rings. The Hall–Kier alpha value is -0.830. The highest BCUT2D eigenvalue weighted by molar-refractivity contribution is 5.07. The Morgan fingerprint density at radius 3 is 2.56 bits per heavy atom. The molecular formula is C13H25N3. The van der Waals surface area contributed by atoms with E-state index in [2.05, 4.69) is 49.3 Å². The lowest BCUT2D eigenvalue weighted by molar-refractivity contribution is 0.354. The van der Waals surface area contributed by atoms with E-state index in [1.54, 1.807) is 0 Å². The molecule has 0 saturated carbocycles.